The first-order valence-corrected chi connectivity index (χ1v) is 5.36. The van der Waals surface area contributed by atoms with Gasteiger partial charge in [0, 0.05) is 6.61 Å². The molecule has 1 aliphatic carbocycles. The minimum atomic E-state index is 0.319. The quantitative estimate of drug-likeness (QED) is 0.665. The molecule has 0 amide bonds. The highest BCUT2D eigenvalue weighted by atomic mass is 16.2. The Bertz CT molecular complexity index is 182. The fraction of sp³-hybridized carbons (Fsp3) is 0.833. The van der Waals surface area contributed by atoms with Crippen LogP contribution in [0.2, 0.25) is 0 Å². The Labute approximate surface area is 81.9 Å². The van der Waals surface area contributed by atoms with Crippen LogP contribution in [0.25, 0.3) is 0 Å². The third-order valence-corrected chi connectivity index (χ3v) is 3.41. The van der Waals surface area contributed by atoms with Gasteiger partial charge in [0.05, 0.1) is 0 Å². The molecule has 1 unspecified atom stereocenters. The van der Waals surface area contributed by atoms with Gasteiger partial charge in [0.25, 0.3) is 0 Å². The van der Waals surface area contributed by atoms with Crippen molar-refractivity contribution in [1.29, 1.82) is 0 Å². The summed E-state index contributed by atoms with van der Waals surface area (Å²) in [5.41, 5.74) is 1.81. The molecule has 0 aromatic rings. The van der Waals surface area contributed by atoms with Crippen LogP contribution in [-0.4, -0.2) is 11.7 Å². The summed E-state index contributed by atoms with van der Waals surface area (Å²) in [7, 11) is 0. The molecule has 1 nitrogen and oxygen atoms in total. The summed E-state index contributed by atoms with van der Waals surface area (Å²) in [5.74, 6) is 0.633. The van der Waals surface area contributed by atoms with Crippen LogP contribution in [0.1, 0.15) is 46.0 Å². The van der Waals surface area contributed by atoms with E-state index in [0.717, 1.165) is 12.8 Å². The van der Waals surface area contributed by atoms with Gasteiger partial charge >= 0.3 is 0 Å². The Balaban J connectivity index is 2.58. The van der Waals surface area contributed by atoms with Crippen molar-refractivity contribution in [1.82, 2.24) is 0 Å². The lowest BCUT2D eigenvalue weighted by atomic mass is 9.65. The van der Waals surface area contributed by atoms with Crippen LogP contribution in [0.4, 0.5) is 0 Å². The van der Waals surface area contributed by atoms with Crippen LogP contribution in [0.5, 0.6) is 0 Å². The molecule has 1 fully saturated rings. The first kappa shape index (κ1) is 10.8. The maximum Gasteiger partial charge on any atom is 0.0431 e. The van der Waals surface area contributed by atoms with E-state index >= 15 is 0 Å². The molecular weight excluding hydrogens is 160 g/mol. The summed E-state index contributed by atoms with van der Waals surface area (Å²) in [5, 5.41) is 8.82. The van der Waals surface area contributed by atoms with Crippen molar-refractivity contribution in [2.45, 2.75) is 46.0 Å². The average molecular weight is 182 g/mol. The van der Waals surface area contributed by atoms with Crippen LogP contribution in [0.15, 0.2) is 12.2 Å². The predicted octanol–water partition coefficient (Wildman–Crippen LogP) is 3.14. The maximum absolute atomic E-state index is 8.82. The van der Waals surface area contributed by atoms with Gasteiger partial charge in [-0.05, 0) is 43.4 Å². The highest BCUT2D eigenvalue weighted by molar-refractivity contribution is 5.09. The first-order valence-electron chi connectivity index (χ1n) is 5.36. The van der Waals surface area contributed by atoms with E-state index in [1.54, 1.807) is 0 Å². The van der Waals surface area contributed by atoms with E-state index in [9.17, 15) is 0 Å². The first-order chi connectivity index (χ1) is 6.08. The van der Waals surface area contributed by atoms with E-state index in [2.05, 4.69) is 20.4 Å². The molecule has 0 radical (unpaired) electrons. The molecule has 1 heteroatoms. The Morgan fingerprint density at radius 1 is 1.54 bits per heavy atom. The number of hydrogen-bond donors (Lipinski definition) is 1. The van der Waals surface area contributed by atoms with Crippen LogP contribution >= 0.6 is 0 Å². The standard InChI is InChI=1S/C12H22O/c1-10-6-4-8-12(2,3)11(10)7-5-9-13/h11,13H,1,4-9H2,2-3H3. The third-order valence-electron chi connectivity index (χ3n) is 3.41. The zero-order valence-corrected chi connectivity index (χ0v) is 8.97. The number of allylic oxidation sites excluding steroid dienone is 1. The van der Waals surface area contributed by atoms with Gasteiger partial charge in [-0.3, -0.25) is 0 Å². The monoisotopic (exact) mass is 182 g/mol. The largest absolute Gasteiger partial charge is 0.396 e. The number of rotatable bonds is 3. The van der Waals surface area contributed by atoms with E-state index in [1.807, 2.05) is 0 Å². The molecule has 0 heterocycles. The molecule has 0 aromatic heterocycles. The fourth-order valence-corrected chi connectivity index (χ4v) is 2.56. The highest BCUT2D eigenvalue weighted by Gasteiger charge is 2.33. The summed E-state index contributed by atoms with van der Waals surface area (Å²) in [4.78, 5) is 0. The molecule has 13 heavy (non-hydrogen) atoms. The Kier molecular flexibility index (Phi) is 3.55. The molecule has 1 saturated carbocycles. The molecule has 76 valence electrons. The number of aliphatic hydroxyl groups is 1. The molecule has 0 saturated heterocycles. The second kappa shape index (κ2) is 4.28. The molecule has 0 bridgehead atoms. The van der Waals surface area contributed by atoms with E-state index < -0.39 is 0 Å². The van der Waals surface area contributed by atoms with Crippen LogP contribution < -0.4 is 0 Å². The second-order valence-electron chi connectivity index (χ2n) is 4.92. The van der Waals surface area contributed by atoms with Crippen LogP contribution in [-0.2, 0) is 0 Å². The fourth-order valence-electron chi connectivity index (χ4n) is 2.56. The normalized spacial score (nSPS) is 27.6. The van der Waals surface area contributed by atoms with Crippen LogP contribution in [0, 0.1) is 11.3 Å². The zero-order chi connectivity index (χ0) is 9.90. The van der Waals surface area contributed by atoms with Gasteiger partial charge in [-0.1, -0.05) is 26.0 Å². The maximum atomic E-state index is 8.82. The van der Waals surface area contributed by atoms with Gasteiger partial charge in [0.15, 0.2) is 0 Å². The lowest BCUT2D eigenvalue weighted by Crippen LogP contribution is -2.29. The molecule has 0 spiro atoms. The summed E-state index contributed by atoms with van der Waals surface area (Å²) in [6.45, 7) is 9.15. The molecule has 0 aromatic carbocycles. The van der Waals surface area contributed by atoms with Crippen molar-refractivity contribution >= 4 is 0 Å². The highest BCUT2D eigenvalue weighted by Crippen LogP contribution is 2.45. The van der Waals surface area contributed by atoms with Gasteiger partial charge in [0.2, 0.25) is 0 Å². The summed E-state index contributed by atoms with van der Waals surface area (Å²) in [6.07, 6.45) is 5.83. The topological polar surface area (TPSA) is 20.2 Å². The van der Waals surface area contributed by atoms with Crippen LogP contribution in [0.3, 0.4) is 0 Å². The predicted molar refractivity (Wildman–Crippen MR) is 56.6 cm³/mol. The van der Waals surface area contributed by atoms with Gasteiger partial charge in [-0.2, -0.15) is 0 Å². The van der Waals surface area contributed by atoms with Gasteiger partial charge in [0.1, 0.15) is 0 Å². The second-order valence-corrected chi connectivity index (χ2v) is 4.92. The van der Waals surface area contributed by atoms with Crippen molar-refractivity contribution in [2.24, 2.45) is 11.3 Å². The smallest absolute Gasteiger partial charge is 0.0431 e. The van der Waals surface area contributed by atoms with Gasteiger partial charge in [-0.15, -0.1) is 0 Å². The van der Waals surface area contributed by atoms with Gasteiger partial charge < -0.3 is 5.11 Å². The number of aliphatic hydroxyl groups excluding tert-OH is 1. The van der Waals surface area contributed by atoms with Crippen molar-refractivity contribution in [3.63, 3.8) is 0 Å². The Hall–Kier alpha value is -0.300. The lowest BCUT2D eigenvalue weighted by Gasteiger charge is -2.40. The van der Waals surface area contributed by atoms with Crippen molar-refractivity contribution in [3.8, 4) is 0 Å². The van der Waals surface area contributed by atoms with Crippen molar-refractivity contribution in [3.05, 3.63) is 12.2 Å². The average Bonchev–Trinajstić information content (AvgIpc) is 2.02. The molecular formula is C12H22O. The molecule has 1 atom stereocenters. The summed E-state index contributed by atoms with van der Waals surface area (Å²) in [6, 6.07) is 0. The SMILES string of the molecule is C=C1CCCC(C)(C)C1CCCO. The molecule has 1 N–H and O–H groups in total. The van der Waals surface area contributed by atoms with E-state index in [4.69, 9.17) is 5.11 Å². The Morgan fingerprint density at radius 2 is 2.23 bits per heavy atom. The molecule has 0 aliphatic heterocycles. The van der Waals surface area contributed by atoms with E-state index in [0.29, 0.717) is 17.9 Å². The summed E-state index contributed by atoms with van der Waals surface area (Å²) < 4.78 is 0. The lowest BCUT2D eigenvalue weighted by molar-refractivity contribution is 0.166. The Morgan fingerprint density at radius 3 is 2.77 bits per heavy atom. The summed E-state index contributed by atoms with van der Waals surface area (Å²) >= 11 is 0. The number of hydrogen-bond acceptors (Lipinski definition) is 1. The zero-order valence-electron chi connectivity index (χ0n) is 8.97. The van der Waals surface area contributed by atoms with Crippen molar-refractivity contribution < 1.29 is 5.11 Å². The van der Waals surface area contributed by atoms with Gasteiger partial charge in [-0.25, -0.2) is 0 Å². The van der Waals surface area contributed by atoms with E-state index in [-0.39, 0.29) is 0 Å². The minimum Gasteiger partial charge on any atom is -0.396 e. The van der Waals surface area contributed by atoms with E-state index in [1.165, 1.54) is 24.8 Å². The third kappa shape index (κ3) is 2.57. The minimum absolute atomic E-state index is 0.319. The molecule has 1 rings (SSSR count). The molecule has 1 aliphatic rings. The van der Waals surface area contributed by atoms with Crippen molar-refractivity contribution in [2.75, 3.05) is 6.61 Å².